The molecule has 1 atom stereocenters. The number of carbonyl (C=O) groups is 1. The van der Waals surface area contributed by atoms with E-state index in [1.165, 1.54) is 0 Å². The van der Waals surface area contributed by atoms with Crippen molar-refractivity contribution >= 4 is 24.1 Å². The summed E-state index contributed by atoms with van der Waals surface area (Å²) >= 11 is 0. The van der Waals surface area contributed by atoms with Crippen molar-refractivity contribution in [2.45, 2.75) is 39.0 Å². The van der Waals surface area contributed by atoms with Gasteiger partial charge in [-0.1, -0.05) is 25.9 Å². The number of hydrogen-bond acceptors (Lipinski definition) is 4. The van der Waals surface area contributed by atoms with Crippen LogP contribution in [0.15, 0.2) is 10.6 Å². The average molecular weight is 288 g/mol. The lowest BCUT2D eigenvalue weighted by Crippen LogP contribution is -2.37. The van der Waals surface area contributed by atoms with Gasteiger partial charge in [0.25, 0.3) is 0 Å². The molecule has 1 aromatic rings. The molecule has 0 aliphatic carbocycles. The lowest BCUT2D eigenvalue weighted by molar-refractivity contribution is -0.120. The molecule has 0 aromatic carbocycles. The number of carbonyl (C=O) groups excluding carboxylic acids is 1. The minimum Gasteiger partial charge on any atom is -0.359 e. The second-order valence-corrected chi connectivity index (χ2v) is 5.86. The number of aromatic nitrogens is 1. The predicted molar refractivity (Wildman–Crippen MR) is 76.7 cm³/mol. The molecule has 2 rings (SSSR count). The fourth-order valence-corrected chi connectivity index (χ4v) is 1.99. The summed E-state index contributed by atoms with van der Waals surface area (Å²) in [7, 11) is 0. The molecule has 1 aromatic heterocycles. The van der Waals surface area contributed by atoms with Crippen LogP contribution in [0.25, 0.3) is 0 Å². The summed E-state index contributed by atoms with van der Waals surface area (Å²) in [5, 5.41) is 9.94. The zero-order valence-corrected chi connectivity index (χ0v) is 12.5. The summed E-state index contributed by atoms with van der Waals surface area (Å²) in [4.78, 5) is 12.0. The van der Waals surface area contributed by atoms with Crippen molar-refractivity contribution in [1.82, 2.24) is 10.5 Å². The lowest BCUT2D eigenvalue weighted by Gasteiger charge is -2.21. The molecule has 0 bridgehead atoms. The van der Waals surface area contributed by atoms with Gasteiger partial charge in [0.15, 0.2) is 5.82 Å². The second-order valence-electron chi connectivity index (χ2n) is 5.86. The molecular weight excluding hydrogens is 266 g/mol. The summed E-state index contributed by atoms with van der Waals surface area (Å²) in [6, 6.07) is 1.80. The van der Waals surface area contributed by atoms with Gasteiger partial charge >= 0.3 is 0 Å². The normalized spacial score (nSPS) is 19.6. The van der Waals surface area contributed by atoms with Gasteiger partial charge in [0.05, 0.1) is 5.92 Å². The van der Waals surface area contributed by atoms with Crippen molar-refractivity contribution in [2.75, 3.05) is 18.4 Å². The molecule has 1 amide bonds. The van der Waals surface area contributed by atoms with E-state index in [1.807, 2.05) is 20.8 Å². The first kappa shape index (κ1) is 16.0. The van der Waals surface area contributed by atoms with Gasteiger partial charge in [-0.05, 0) is 19.4 Å². The highest BCUT2D eigenvalue weighted by Gasteiger charge is 2.24. The Labute approximate surface area is 119 Å². The van der Waals surface area contributed by atoms with E-state index in [0.717, 1.165) is 31.7 Å². The van der Waals surface area contributed by atoms with Crippen LogP contribution in [0.4, 0.5) is 5.82 Å². The van der Waals surface area contributed by atoms with Crippen LogP contribution < -0.4 is 10.6 Å². The largest absolute Gasteiger partial charge is 0.359 e. The van der Waals surface area contributed by atoms with Crippen LogP contribution >= 0.6 is 12.4 Å². The Hall–Kier alpha value is -1.07. The molecule has 1 unspecified atom stereocenters. The molecule has 1 saturated heterocycles. The number of anilines is 1. The first-order valence-corrected chi connectivity index (χ1v) is 6.45. The van der Waals surface area contributed by atoms with Crippen molar-refractivity contribution in [3.8, 4) is 0 Å². The second kappa shape index (κ2) is 6.39. The number of nitrogens with zero attached hydrogens (tertiary/aromatic N) is 1. The Bertz CT molecular complexity index is 420. The predicted octanol–water partition coefficient (Wildman–Crippen LogP) is 2.33. The van der Waals surface area contributed by atoms with Crippen molar-refractivity contribution < 1.29 is 9.32 Å². The molecule has 108 valence electrons. The van der Waals surface area contributed by atoms with Crippen molar-refractivity contribution in [1.29, 1.82) is 0 Å². The number of piperidine rings is 1. The summed E-state index contributed by atoms with van der Waals surface area (Å²) in [5.74, 6) is 1.35. The fraction of sp³-hybridized carbons (Fsp3) is 0.692. The van der Waals surface area contributed by atoms with Crippen molar-refractivity contribution in [2.24, 2.45) is 5.92 Å². The lowest BCUT2D eigenvalue weighted by atomic mass is 9.93. The van der Waals surface area contributed by atoms with E-state index in [1.54, 1.807) is 6.07 Å². The Kier molecular flexibility index (Phi) is 5.38. The number of hydrogen-bond donors (Lipinski definition) is 2. The summed E-state index contributed by atoms with van der Waals surface area (Å²) in [5.41, 5.74) is -0.0949. The Morgan fingerprint density at radius 2 is 2.26 bits per heavy atom. The van der Waals surface area contributed by atoms with E-state index in [9.17, 15) is 4.79 Å². The maximum atomic E-state index is 12.0. The average Bonchev–Trinajstić information content (AvgIpc) is 2.78. The van der Waals surface area contributed by atoms with E-state index >= 15 is 0 Å². The molecule has 2 heterocycles. The van der Waals surface area contributed by atoms with Crippen LogP contribution in [0.1, 0.15) is 39.4 Å². The monoisotopic (exact) mass is 287 g/mol. The quantitative estimate of drug-likeness (QED) is 0.876. The molecule has 1 aliphatic rings. The highest BCUT2D eigenvalue weighted by Crippen LogP contribution is 2.24. The summed E-state index contributed by atoms with van der Waals surface area (Å²) < 4.78 is 5.24. The Balaban J connectivity index is 0.00000180. The molecular formula is C13H22ClN3O2. The van der Waals surface area contributed by atoms with Crippen LogP contribution in [0, 0.1) is 5.92 Å². The zero-order valence-electron chi connectivity index (χ0n) is 11.7. The van der Waals surface area contributed by atoms with E-state index in [4.69, 9.17) is 4.52 Å². The maximum absolute atomic E-state index is 12.0. The zero-order chi connectivity index (χ0) is 13.2. The number of amides is 1. The molecule has 2 N–H and O–H groups in total. The minimum atomic E-state index is -0.0949. The maximum Gasteiger partial charge on any atom is 0.230 e. The van der Waals surface area contributed by atoms with E-state index in [2.05, 4.69) is 15.8 Å². The van der Waals surface area contributed by atoms with Gasteiger partial charge in [0.2, 0.25) is 5.91 Å². The summed E-state index contributed by atoms with van der Waals surface area (Å²) in [6.07, 6.45) is 1.98. The molecule has 1 fully saturated rings. The van der Waals surface area contributed by atoms with Gasteiger partial charge in [0.1, 0.15) is 5.76 Å². The van der Waals surface area contributed by atoms with Crippen LogP contribution in [0.5, 0.6) is 0 Å². The van der Waals surface area contributed by atoms with E-state index < -0.39 is 0 Å². The van der Waals surface area contributed by atoms with Crippen LogP contribution in [-0.4, -0.2) is 24.2 Å². The van der Waals surface area contributed by atoms with Crippen LogP contribution in [0.2, 0.25) is 0 Å². The third-order valence-electron chi connectivity index (χ3n) is 3.17. The Morgan fingerprint density at radius 3 is 2.79 bits per heavy atom. The van der Waals surface area contributed by atoms with Crippen LogP contribution in [-0.2, 0) is 10.2 Å². The fourth-order valence-electron chi connectivity index (χ4n) is 1.99. The first-order valence-electron chi connectivity index (χ1n) is 6.45. The van der Waals surface area contributed by atoms with Crippen molar-refractivity contribution in [3.05, 3.63) is 11.8 Å². The van der Waals surface area contributed by atoms with Gasteiger partial charge in [-0.3, -0.25) is 4.79 Å². The third kappa shape index (κ3) is 4.21. The minimum absolute atomic E-state index is 0. The number of rotatable bonds is 2. The van der Waals surface area contributed by atoms with Crippen molar-refractivity contribution in [3.63, 3.8) is 0 Å². The molecule has 0 radical (unpaired) electrons. The standard InChI is InChI=1S/C13H21N3O2.ClH/c1-13(2,3)10-7-11(16-18-10)15-12(17)9-5-4-6-14-8-9;/h7,9,14H,4-6,8H2,1-3H3,(H,15,16,17);1H. The van der Waals surface area contributed by atoms with Gasteiger partial charge in [-0.25, -0.2) is 0 Å². The molecule has 19 heavy (non-hydrogen) atoms. The SMILES string of the molecule is CC(C)(C)c1cc(NC(=O)C2CCCNC2)no1.Cl. The van der Waals surface area contributed by atoms with Gasteiger partial charge < -0.3 is 15.2 Å². The smallest absolute Gasteiger partial charge is 0.230 e. The van der Waals surface area contributed by atoms with E-state index in [0.29, 0.717) is 5.82 Å². The van der Waals surface area contributed by atoms with E-state index in [-0.39, 0.29) is 29.6 Å². The van der Waals surface area contributed by atoms with Gasteiger partial charge in [0, 0.05) is 18.0 Å². The third-order valence-corrected chi connectivity index (χ3v) is 3.17. The molecule has 6 heteroatoms. The Morgan fingerprint density at radius 1 is 1.53 bits per heavy atom. The first-order chi connectivity index (χ1) is 8.47. The molecule has 0 saturated carbocycles. The number of halogens is 1. The van der Waals surface area contributed by atoms with Crippen LogP contribution in [0.3, 0.4) is 0 Å². The molecule has 5 nitrogen and oxygen atoms in total. The van der Waals surface area contributed by atoms with Gasteiger partial charge in [-0.15, -0.1) is 12.4 Å². The topological polar surface area (TPSA) is 67.2 Å². The highest BCUT2D eigenvalue weighted by molar-refractivity contribution is 5.91. The molecule has 0 spiro atoms. The highest BCUT2D eigenvalue weighted by atomic mass is 35.5. The molecule has 1 aliphatic heterocycles. The summed E-state index contributed by atoms with van der Waals surface area (Å²) in [6.45, 7) is 7.89. The number of nitrogens with one attached hydrogen (secondary N) is 2. The van der Waals surface area contributed by atoms with Gasteiger partial charge in [-0.2, -0.15) is 0 Å².